The molecule has 10 nitrogen and oxygen atoms in total. The lowest BCUT2D eigenvalue weighted by molar-refractivity contribution is -0.303. The number of aromatic nitrogens is 3. The number of ether oxygens (including phenoxy) is 2. The molecule has 0 bridgehead atoms. The Bertz CT molecular complexity index is 1480. The zero-order chi connectivity index (χ0) is 29.3. The van der Waals surface area contributed by atoms with E-state index < -0.39 is 39.8 Å². The van der Waals surface area contributed by atoms with Crippen molar-refractivity contribution in [1.82, 2.24) is 14.8 Å². The first kappa shape index (κ1) is 29.1. The van der Waals surface area contributed by atoms with Crippen LogP contribution in [0, 0.1) is 16.7 Å². The van der Waals surface area contributed by atoms with Crippen LogP contribution in [-0.2, 0) is 25.4 Å². The van der Waals surface area contributed by atoms with Crippen molar-refractivity contribution in [1.29, 1.82) is 5.26 Å². The first-order valence-electron chi connectivity index (χ1n) is 12.7. The van der Waals surface area contributed by atoms with E-state index >= 15 is 0 Å². The van der Waals surface area contributed by atoms with Crippen molar-refractivity contribution >= 4 is 28.4 Å². The maximum atomic E-state index is 14.3. The van der Waals surface area contributed by atoms with Crippen molar-refractivity contribution in [3.8, 4) is 6.07 Å². The maximum Gasteiger partial charge on any atom is 0.422 e. The molecule has 40 heavy (non-hydrogen) atoms. The molecule has 1 fully saturated rings. The number of H-pyrrole nitrogens is 1. The average molecular weight is 562 g/mol. The van der Waals surface area contributed by atoms with E-state index in [0.29, 0.717) is 25.0 Å². The lowest BCUT2D eigenvalue weighted by Crippen LogP contribution is -2.57. The minimum absolute atomic E-state index is 0.0942. The van der Waals surface area contributed by atoms with Gasteiger partial charge in [0.15, 0.2) is 5.82 Å². The Morgan fingerprint density at radius 2 is 2.00 bits per heavy atom. The molecule has 0 radical (unpaired) electrons. The first-order chi connectivity index (χ1) is 18.8. The smallest absolute Gasteiger partial charge is 0.422 e. The topological polar surface area (TPSA) is 142 Å². The molecule has 214 valence electrons. The molecule has 0 spiro atoms. The number of anilines is 2. The third-order valence-corrected chi connectivity index (χ3v) is 7.43. The third-order valence-electron chi connectivity index (χ3n) is 7.43. The van der Waals surface area contributed by atoms with Gasteiger partial charge in [0.25, 0.3) is 5.56 Å². The number of benzene rings is 1. The van der Waals surface area contributed by atoms with E-state index in [-0.39, 0.29) is 36.5 Å². The molecule has 3 N–H and O–H groups in total. The van der Waals surface area contributed by atoms with Gasteiger partial charge in [-0.15, -0.1) is 0 Å². The number of aromatic amines is 1. The summed E-state index contributed by atoms with van der Waals surface area (Å²) >= 11 is 0. The Morgan fingerprint density at radius 1 is 1.30 bits per heavy atom. The van der Waals surface area contributed by atoms with Crippen LogP contribution in [0.3, 0.4) is 0 Å². The molecule has 2 atom stereocenters. The number of pyridine rings is 1. The minimum Gasteiger partial charge on any atom is -0.465 e. The fourth-order valence-electron chi connectivity index (χ4n) is 5.16. The van der Waals surface area contributed by atoms with E-state index in [1.54, 1.807) is 10.7 Å². The van der Waals surface area contributed by atoms with Gasteiger partial charge in [0.05, 0.1) is 36.8 Å². The number of nitrogens with one attached hydrogen (secondary N) is 2. The number of nitrogens with zero attached hydrogens (tertiary/aromatic N) is 3. The van der Waals surface area contributed by atoms with E-state index in [1.165, 1.54) is 25.3 Å². The van der Waals surface area contributed by atoms with E-state index in [1.807, 2.05) is 0 Å². The zero-order valence-corrected chi connectivity index (χ0v) is 22.3. The van der Waals surface area contributed by atoms with Gasteiger partial charge >= 0.3 is 12.1 Å². The predicted molar refractivity (Wildman–Crippen MR) is 139 cm³/mol. The van der Waals surface area contributed by atoms with Crippen molar-refractivity contribution in [3.63, 3.8) is 0 Å². The number of fused-ring (bicyclic) bond motifs is 1. The largest absolute Gasteiger partial charge is 0.465 e. The van der Waals surface area contributed by atoms with Gasteiger partial charge in [-0.2, -0.15) is 23.5 Å². The summed E-state index contributed by atoms with van der Waals surface area (Å²) in [6.45, 7) is 4.02. The Balaban J connectivity index is 1.76. The molecular weight excluding hydrogens is 531 g/mol. The number of aliphatic hydroxyl groups is 1. The van der Waals surface area contributed by atoms with E-state index in [4.69, 9.17) is 9.47 Å². The van der Waals surface area contributed by atoms with Crippen molar-refractivity contribution < 1.29 is 32.5 Å². The number of halogens is 3. The molecule has 0 aliphatic carbocycles. The highest BCUT2D eigenvalue weighted by molar-refractivity contribution is 5.91. The van der Waals surface area contributed by atoms with Gasteiger partial charge in [-0.3, -0.25) is 14.3 Å². The van der Waals surface area contributed by atoms with Crippen LogP contribution >= 0.6 is 0 Å². The third kappa shape index (κ3) is 4.71. The fraction of sp³-hybridized carbons (Fsp3) is 0.481. The summed E-state index contributed by atoms with van der Waals surface area (Å²) in [6.07, 6.45) is -2.35. The summed E-state index contributed by atoms with van der Waals surface area (Å²) in [5.74, 6) is -1.07. The molecule has 1 aromatic carbocycles. The summed E-state index contributed by atoms with van der Waals surface area (Å²) in [7, 11) is 0. The standard InChI is InChI=1S/C27H30F3N5O5/c1-4-40-23(37)24(2,3)26(38,27(28,29)30)17-6-8-18(9-7-17)33-21-20-19(10-14-32-22(20)36)35(34-21)25(12-13-31)11-5-15-39-16-25/h6-10,14,38H,4-5,11-12,15-16H2,1-3H3,(H,32,36)(H,33,34)/t25-,26-/m0/s1. The Labute approximate surface area is 227 Å². The molecular formula is C27H30F3N5O5. The van der Waals surface area contributed by atoms with Crippen LogP contribution in [0.4, 0.5) is 24.7 Å². The molecule has 2 aromatic heterocycles. The van der Waals surface area contributed by atoms with Crippen molar-refractivity contribution in [2.75, 3.05) is 25.1 Å². The SMILES string of the molecule is CCOC(=O)C(C)(C)[C@@](O)(c1ccc(Nc2nn([C@]3(CC#N)CCCOC3)c3cc[nH]c(=O)c23)cc1)C(F)(F)F. The van der Waals surface area contributed by atoms with Crippen LogP contribution in [0.25, 0.3) is 10.9 Å². The molecule has 3 heterocycles. The highest BCUT2D eigenvalue weighted by Crippen LogP contribution is 2.51. The van der Waals surface area contributed by atoms with Gasteiger partial charge in [-0.25, -0.2) is 0 Å². The van der Waals surface area contributed by atoms with Crippen LogP contribution < -0.4 is 10.9 Å². The quantitative estimate of drug-likeness (QED) is 0.347. The van der Waals surface area contributed by atoms with Gasteiger partial charge in [0.1, 0.15) is 10.8 Å². The number of rotatable bonds is 8. The van der Waals surface area contributed by atoms with Crippen molar-refractivity contribution in [3.05, 3.63) is 52.4 Å². The van der Waals surface area contributed by atoms with Crippen LogP contribution in [0.5, 0.6) is 0 Å². The molecule has 13 heteroatoms. The predicted octanol–water partition coefficient (Wildman–Crippen LogP) is 4.23. The van der Waals surface area contributed by atoms with Gasteiger partial charge in [0.2, 0.25) is 5.60 Å². The molecule has 1 aliphatic heterocycles. The van der Waals surface area contributed by atoms with E-state index in [9.17, 15) is 33.1 Å². The van der Waals surface area contributed by atoms with Crippen molar-refractivity contribution in [2.24, 2.45) is 5.41 Å². The Hall–Kier alpha value is -3.89. The van der Waals surface area contributed by atoms with Gasteiger partial charge < -0.3 is 24.9 Å². The zero-order valence-electron chi connectivity index (χ0n) is 22.3. The maximum absolute atomic E-state index is 14.3. The molecule has 4 rings (SSSR count). The van der Waals surface area contributed by atoms with Crippen LogP contribution in [0.2, 0.25) is 0 Å². The molecule has 0 unspecified atom stereocenters. The summed E-state index contributed by atoms with van der Waals surface area (Å²) in [5.41, 5.74) is -7.00. The van der Waals surface area contributed by atoms with Gasteiger partial charge in [-0.05, 0) is 57.4 Å². The summed E-state index contributed by atoms with van der Waals surface area (Å²) in [6, 6.07) is 8.50. The minimum atomic E-state index is -5.21. The number of carbonyl (C=O) groups is 1. The second kappa shape index (κ2) is 10.6. The number of carbonyl (C=O) groups excluding carboxylic acids is 1. The lowest BCUT2D eigenvalue weighted by Gasteiger charge is -2.42. The number of esters is 1. The molecule has 0 amide bonds. The highest BCUT2D eigenvalue weighted by Gasteiger charge is 2.67. The summed E-state index contributed by atoms with van der Waals surface area (Å²) in [4.78, 5) is 27.9. The number of hydrogen-bond acceptors (Lipinski definition) is 8. The van der Waals surface area contributed by atoms with Crippen molar-refractivity contribution in [2.45, 2.75) is 57.3 Å². The number of alkyl halides is 3. The van der Waals surface area contributed by atoms with Crippen LogP contribution in [-0.4, -0.2) is 51.8 Å². The monoisotopic (exact) mass is 561 g/mol. The molecule has 3 aromatic rings. The first-order valence-corrected chi connectivity index (χ1v) is 12.7. The summed E-state index contributed by atoms with van der Waals surface area (Å²) < 4.78 is 54.9. The molecule has 0 saturated carbocycles. The molecule has 1 saturated heterocycles. The second-order valence-corrected chi connectivity index (χ2v) is 10.3. The number of hydrogen-bond donors (Lipinski definition) is 3. The second-order valence-electron chi connectivity index (χ2n) is 10.3. The van der Waals surface area contributed by atoms with Crippen LogP contribution in [0.15, 0.2) is 41.3 Å². The Morgan fingerprint density at radius 3 is 2.58 bits per heavy atom. The Kier molecular flexibility index (Phi) is 7.70. The summed E-state index contributed by atoms with van der Waals surface area (Å²) in [5, 5.41) is 28.3. The highest BCUT2D eigenvalue weighted by atomic mass is 19.4. The number of nitriles is 1. The van der Waals surface area contributed by atoms with Gasteiger partial charge in [-0.1, -0.05) is 12.1 Å². The average Bonchev–Trinajstić information content (AvgIpc) is 3.29. The van der Waals surface area contributed by atoms with Crippen LogP contribution in [0.1, 0.15) is 45.6 Å². The fourth-order valence-corrected chi connectivity index (χ4v) is 5.16. The van der Waals surface area contributed by atoms with E-state index in [2.05, 4.69) is 21.5 Å². The lowest BCUT2D eigenvalue weighted by atomic mass is 9.70. The van der Waals surface area contributed by atoms with E-state index in [0.717, 1.165) is 26.0 Å². The molecule has 1 aliphatic rings. The normalized spacial score (nSPS) is 19.6. The van der Waals surface area contributed by atoms with Gasteiger partial charge in [0, 0.05) is 18.5 Å².